The summed E-state index contributed by atoms with van der Waals surface area (Å²) in [5.74, 6) is 2.56. The van der Waals surface area contributed by atoms with Crippen LogP contribution in [0.4, 0.5) is 17.3 Å². The van der Waals surface area contributed by atoms with Crippen LogP contribution in [-0.4, -0.2) is 47.6 Å². The van der Waals surface area contributed by atoms with Crippen molar-refractivity contribution in [2.75, 3.05) is 42.9 Å². The summed E-state index contributed by atoms with van der Waals surface area (Å²) >= 11 is 0. The zero-order chi connectivity index (χ0) is 18.5. The van der Waals surface area contributed by atoms with Gasteiger partial charge in [-0.1, -0.05) is 55.5 Å². The number of piperazine rings is 1. The highest BCUT2D eigenvalue weighted by atomic mass is 15.3. The number of rotatable bonds is 5. The summed E-state index contributed by atoms with van der Waals surface area (Å²) in [5, 5.41) is 3.43. The SMILES string of the molecule is CCN1CCN(c2cc(Nc3ccccc3)nc(-c3ccccc3)n2)CC1. The molecular weight excluding hydrogens is 334 g/mol. The molecule has 2 aromatic carbocycles. The zero-order valence-corrected chi connectivity index (χ0v) is 15.7. The van der Waals surface area contributed by atoms with E-state index in [4.69, 9.17) is 9.97 Å². The fourth-order valence-electron chi connectivity index (χ4n) is 3.34. The molecule has 0 saturated carbocycles. The van der Waals surface area contributed by atoms with Gasteiger partial charge in [-0.3, -0.25) is 0 Å². The van der Waals surface area contributed by atoms with E-state index in [1.54, 1.807) is 0 Å². The molecule has 1 N–H and O–H groups in total. The predicted octanol–water partition coefficient (Wildman–Crippen LogP) is 4.03. The molecule has 5 nitrogen and oxygen atoms in total. The second-order valence-corrected chi connectivity index (χ2v) is 6.71. The molecule has 0 amide bonds. The maximum Gasteiger partial charge on any atom is 0.163 e. The molecule has 1 aromatic heterocycles. The molecule has 1 aliphatic rings. The molecule has 0 bridgehead atoms. The minimum atomic E-state index is 0.754. The van der Waals surface area contributed by atoms with Crippen LogP contribution in [0.1, 0.15) is 6.92 Å². The van der Waals surface area contributed by atoms with Crippen LogP contribution in [0.25, 0.3) is 11.4 Å². The van der Waals surface area contributed by atoms with Crippen molar-refractivity contribution in [1.29, 1.82) is 0 Å². The summed E-state index contributed by atoms with van der Waals surface area (Å²) < 4.78 is 0. The van der Waals surface area contributed by atoms with Gasteiger partial charge >= 0.3 is 0 Å². The Hall–Kier alpha value is -2.92. The van der Waals surface area contributed by atoms with E-state index in [9.17, 15) is 0 Å². The Bertz CT molecular complexity index is 858. The molecule has 0 unspecified atom stereocenters. The van der Waals surface area contributed by atoms with Gasteiger partial charge in [0.2, 0.25) is 0 Å². The van der Waals surface area contributed by atoms with Gasteiger partial charge in [-0.2, -0.15) is 0 Å². The normalized spacial score (nSPS) is 14.9. The topological polar surface area (TPSA) is 44.3 Å². The maximum absolute atomic E-state index is 4.88. The van der Waals surface area contributed by atoms with Gasteiger partial charge in [0.1, 0.15) is 11.6 Å². The number of anilines is 3. The van der Waals surface area contributed by atoms with Crippen molar-refractivity contribution < 1.29 is 0 Å². The standard InChI is InChI=1S/C22H25N5/c1-2-26-13-15-27(16-14-26)21-17-20(23-19-11-7-4-8-12-19)24-22(25-21)18-9-5-3-6-10-18/h3-12,17H,2,13-16H2,1H3,(H,23,24,25). The van der Waals surface area contributed by atoms with E-state index in [1.165, 1.54) is 0 Å². The predicted molar refractivity (Wildman–Crippen MR) is 112 cm³/mol. The van der Waals surface area contributed by atoms with Crippen LogP contribution >= 0.6 is 0 Å². The molecule has 27 heavy (non-hydrogen) atoms. The van der Waals surface area contributed by atoms with E-state index in [0.717, 1.165) is 61.4 Å². The number of hydrogen-bond donors (Lipinski definition) is 1. The number of likely N-dealkylation sites (N-methyl/N-ethyl adjacent to an activating group) is 1. The van der Waals surface area contributed by atoms with E-state index in [1.807, 2.05) is 48.5 Å². The Morgan fingerprint density at radius 2 is 1.52 bits per heavy atom. The Labute approximate surface area is 160 Å². The monoisotopic (exact) mass is 359 g/mol. The van der Waals surface area contributed by atoms with E-state index in [2.05, 4.69) is 40.2 Å². The van der Waals surface area contributed by atoms with E-state index in [0.29, 0.717) is 0 Å². The van der Waals surface area contributed by atoms with Crippen LogP contribution in [0.5, 0.6) is 0 Å². The van der Waals surface area contributed by atoms with Crippen LogP contribution < -0.4 is 10.2 Å². The molecule has 1 saturated heterocycles. The highest BCUT2D eigenvalue weighted by molar-refractivity contribution is 5.65. The van der Waals surface area contributed by atoms with Gasteiger partial charge < -0.3 is 15.1 Å². The summed E-state index contributed by atoms with van der Waals surface area (Å²) in [6.45, 7) is 7.45. The molecule has 5 heteroatoms. The van der Waals surface area contributed by atoms with Gasteiger partial charge in [-0.25, -0.2) is 9.97 Å². The Morgan fingerprint density at radius 1 is 0.852 bits per heavy atom. The highest BCUT2D eigenvalue weighted by Gasteiger charge is 2.18. The van der Waals surface area contributed by atoms with Crippen LogP contribution in [-0.2, 0) is 0 Å². The number of nitrogens with zero attached hydrogens (tertiary/aromatic N) is 4. The second kappa shape index (κ2) is 8.18. The van der Waals surface area contributed by atoms with Crippen LogP contribution in [0.2, 0.25) is 0 Å². The molecule has 2 heterocycles. The highest BCUT2D eigenvalue weighted by Crippen LogP contribution is 2.25. The second-order valence-electron chi connectivity index (χ2n) is 6.71. The maximum atomic E-state index is 4.88. The van der Waals surface area contributed by atoms with Gasteiger partial charge in [0, 0.05) is 43.5 Å². The number of aromatic nitrogens is 2. The Morgan fingerprint density at radius 3 is 2.19 bits per heavy atom. The zero-order valence-electron chi connectivity index (χ0n) is 15.7. The summed E-state index contributed by atoms with van der Waals surface area (Å²) in [7, 11) is 0. The summed E-state index contributed by atoms with van der Waals surface area (Å²) in [4.78, 5) is 14.5. The third-order valence-corrected chi connectivity index (χ3v) is 4.93. The summed E-state index contributed by atoms with van der Waals surface area (Å²) in [6, 6.07) is 22.4. The Balaban J connectivity index is 1.66. The molecule has 0 spiro atoms. The van der Waals surface area contributed by atoms with Crippen LogP contribution in [0.15, 0.2) is 66.7 Å². The van der Waals surface area contributed by atoms with Gasteiger partial charge in [0.15, 0.2) is 5.82 Å². The molecule has 4 rings (SSSR count). The van der Waals surface area contributed by atoms with E-state index < -0.39 is 0 Å². The summed E-state index contributed by atoms with van der Waals surface area (Å²) in [6.07, 6.45) is 0. The fourth-order valence-corrected chi connectivity index (χ4v) is 3.34. The summed E-state index contributed by atoms with van der Waals surface area (Å²) in [5.41, 5.74) is 2.06. The lowest BCUT2D eigenvalue weighted by Gasteiger charge is -2.35. The number of para-hydroxylation sites is 1. The number of nitrogens with one attached hydrogen (secondary N) is 1. The van der Waals surface area contributed by atoms with Gasteiger partial charge in [0.05, 0.1) is 0 Å². The molecular formula is C22H25N5. The van der Waals surface area contributed by atoms with Crippen LogP contribution in [0, 0.1) is 0 Å². The molecule has 0 atom stereocenters. The fraction of sp³-hybridized carbons (Fsp3) is 0.273. The average Bonchev–Trinajstić information content (AvgIpc) is 2.75. The first-order chi connectivity index (χ1) is 13.3. The molecule has 0 radical (unpaired) electrons. The third-order valence-electron chi connectivity index (χ3n) is 4.93. The van der Waals surface area contributed by atoms with Gasteiger partial charge in [0.25, 0.3) is 0 Å². The Kier molecular flexibility index (Phi) is 5.30. The van der Waals surface area contributed by atoms with Crippen molar-refractivity contribution in [2.24, 2.45) is 0 Å². The molecule has 1 fully saturated rings. The number of hydrogen-bond acceptors (Lipinski definition) is 5. The van der Waals surface area contributed by atoms with Crippen molar-refractivity contribution in [1.82, 2.24) is 14.9 Å². The first-order valence-electron chi connectivity index (χ1n) is 9.55. The largest absolute Gasteiger partial charge is 0.354 e. The lowest BCUT2D eigenvalue weighted by atomic mass is 10.2. The average molecular weight is 359 g/mol. The lowest BCUT2D eigenvalue weighted by Crippen LogP contribution is -2.46. The van der Waals surface area contributed by atoms with Crippen molar-refractivity contribution in [2.45, 2.75) is 6.92 Å². The molecule has 3 aromatic rings. The molecule has 1 aliphatic heterocycles. The molecule has 0 aliphatic carbocycles. The van der Waals surface area contributed by atoms with Crippen molar-refractivity contribution in [3.05, 3.63) is 66.7 Å². The number of benzene rings is 2. The first kappa shape index (κ1) is 17.5. The van der Waals surface area contributed by atoms with E-state index >= 15 is 0 Å². The third kappa shape index (κ3) is 4.26. The smallest absolute Gasteiger partial charge is 0.163 e. The van der Waals surface area contributed by atoms with Crippen molar-refractivity contribution >= 4 is 17.3 Å². The van der Waals surface area contributed by atoms with Crippen LogP contribution in [0.3, 0.4) is 0 Å². The molecule has 138 valence electrons. The van der Waals surface area contributed by atoms with Gasteiger partial charge in [-0.15, -0.1) is 0 Å². The first-order valence-corrected chi connectivity index (χ1v) is 9.55. The van der Waals surface area contributed by atoms with Crippen molar-refractivity contribution in [3.8, 4) is 11.4 Å². The van der Waals surface area contributed by atoms with E-state index in [-0.39, 0.29) is 0 Å². The lowest BCUT2D eigenvalue weighted by molar-refractivity contribution is 0.270. The minimum Gasteiger partial charge on any atom is -0.354 e. The van der Waals surface area contributed by atoms with Crippen molar-refractivity contribution in [3.63, 3.8) is 0 Å². The quantitative estimate of drug-likeness (QED) is 0.745. The minimum absolute atomic E-state index is 0.754. The van der Waals surface area contributed by atoms with Gasteiger partial charge in [-0.05, 0) is 18.7 Å².